The quantitative estimate of drug-likeness (QED) is 0.0238. The number of carbonyl (C=O) groups is 4. The first-order valence-electron chi connectivity index (χ1n) is 19.0. The number of hydrogen-bond acceptors (Lipinski definition) is 16. The van der Waals surface area contributed by atoms with Crippen molar-refractivity contribution in [3.8, 4) is 0 Å². The number of nitrogens with zero attached hydrogens (tertiary/aromatic N) is 6. The molecule has 0 aliphatic carbocycles. The van der Waals surface area contributed by atoms with Crippen molar-refractivity contribution >= 4 is 23.8 Å². The van der Waals surface area contributed by atoms with Crippen molar-refractivity contribution in [3.05, 3.63) is 20.9 Å². The molecule has 0 aliphatic rings. The first-order chi connectivity index (χ1) is 28.3. The van der Waals surface area contributed by atoms with Crippen molar-refractivity contribution < 1.29 is 71.7 Å². The monoisotopic (exact) mass is 838 g/mol. The molecule has 25 heteroatoms. The summed E-state index contributed by atoms with van der Waals surface area (Å²) < 4.78 is 53.5. The molecule has 2 atom stereocenters. The molecule has 0 aromatic carbocycles. The van der Waals surface area contributed by atoms with E-state index in [1.165, 1.54) is 0 Å². The fourth-order valence-electron chi connectivity index (χ4n) is 4.14. The van der Waals surface area contributed by atoms with E-state index in [2.05, 4.69) is 36.0 Å². The molecule has 0 saturated carbocycles. The lowest BCUT2D eigenvalue weighted by Gasteiger charge is -2.19. The number of azide groups is 2. The second kappa shape index (κ2) is 42.5. The summed E-state index contributed by atoms with van der Waals surface area (Å²) in [7, 11) is 0. The van der Waals surface area contributed by atoms with Crippen LogP contribution in [-0.2, 0) is 61.8 Å². The summed E-state index contributed by atoms with van der Waals surface area (Å²) in [6.07, 6.45) is -2.61. The van der Waals surface area contributed by atoms with Gasteiger partial charge in [-0.05, 0) is 24.4 Å². The van der Waals surface area contributed by atoms with Gasteiger partial charge >= 0.3 is 6.09 Å². The third-order valence-corrected chi connectivity index (χ3v) is 6.86. The fourth-order valence-corrected chi connectivity index (χ4v) is 4.14. The number of nitrogens with one attached hydrogen (secondary N) is 4. The van der Waals surface area contributed by atoms with Gasteiger partial charge in [0.15, 0.2) is 0 Å². The summed E-state index contributed by atoms with van der Waals surface area (Å²) in [6.45, 7) is 8.56. The highest BCUT2D eigenvalue weighted by atomic mass is 16.6. The van der Waals surface area contributed by atoms with Crippen LogP contribution in [0.15, 0.2) is 10.2 Å². The van der Waals surface area contributed by atoms with Gasteiger partial charge in [0.1, 0.15) is 12.2 Å². The maximum absolute atomic E-state index is 13.0. The minimum Gasteiger partial charge on any atom is -0.465 e. The van der Waals surface area contributed by atoms with Crippen molar-refractivity contribution in [2.24, 2.45) is 10.2 Å². The van der Waals surface area contributed by atoms with E-state index in [0.717, 1.165) is 0 Å². The Morgan fingerprint density at radius 2 is 1.05 bits per heavy atom. The molecule has 0 aliphatic heterocycles. The molecule has 5 N–H and O–H groups in total. The van der Waals surface area contributed by atoms with Crippen molar-refractivity contribution in [2.75, 3.05) is 152 Å². The number of amides is 4. The van der Waals surface area contributed by atoms with Crippen LogP contribution in [0, 0.1) is 0 Å². The molecule has 58 heavy (non-hydrogen) atoms. The van der Waals surface area contributed by atoms with Crippen LogP contribution in [-0.4, -0.2) is 193 Å². The topological polar surface area (TPSA) is 326 Å². The lowest BCUT2D eigenvalue weighted by atomic mass is 10.1. The van der Waals surface area contributed by atoms with Crippen molar-refractivity contribution in [2.45, 2.75) is 38.4 Å². The predicted octanol–water partition coefficient (Wildman–Crippen LogP) is 0.274. The first kappa shape index (κ1) is 53.9. The summed E-state index contributed by atoms with van der Waals surface area (Å²) in [4.78, 5) is 54.1. The molecule has 334 valence electrons. The molecule has 2 unspecified atom stereocenters. The van der Waals surface area contributed by atoms with Gasteiger partial charge in [0.2, 0.25) is 17.7 Å². The number of rotatable bonds is 43. The Labute approximate surface area is 337 Å². The lowest BCUT2D eigenvalue weighted by Crippen LogP contribution is -2.48. The maximum atomic E-state index is 13.0. The van der Waals surface area contributed by atoms with Gasteiger partial charge < -0.3 is 73.7 Å². The minimum atomic E-state index is -1.38. The van der Waals surface area contributed by atoms with Gasteiger partial charge in [0.25, 0.3) is 0 Å². The molecule has 0 fully saturated rings. The van der Waals surface area contributed by atoms with E-state index in [9.17, 15) is 19.2 Å². The molecular formula is C33H62N10O15. The number of ether oxygens (including phenoxy) is 10. The molecule has 4 amide bonds. The fraction of sp³-hybridized carbons (Fsp3) is 0.879. The summed E-state index contributed by atoms with van der Waals surface area (Å²) in [5, 5.41) is 25.4. The molecule has 0 bridgehead atoms. The van der Waals surface area contributed by atoms with Crippen LogP contribution in [0.2, 0.25) is 0 Å². The zero-order chi connectivity index (χ0) is 42.6. The Balaban J connectivity index is 4.46. The summed E-state index contributed by atoms with van der Waals surface area (Å²) in [5.41, 5.74) is 16.7. The van der Waals surface area contributed by atoms with Crippen LogP contribution in [0.5, 0.6) is 0 Å². The largest absolute Gasteiger partial charge is 0.465 e. The summed E-state index contributed by atoms with van der Waals surface area (Å²) in [6, 6.07) is -1.02. The summed E-state index contributed by atoms with van der Waals surface area (Å²) in [5.74, 6) is -1.31. The number of hydrogen-bond donors (Lipinski definition) is 5. The second-order valence-electron chi connectivity index (χ2n) is 11.3. The third-order valence-electron chi connectivity index (χ3n) is 6.86. The molecular weight excluding hydrogens is 776 g/mol. The highest BCUT2D eigenvalue weighted by molar-refractivity contribution is 5.88. The van der Waals surface area contributed by atoms with Crippen LogP contribution < -0.4 is 21.3 Å². The average Bonchev–Trinajstić information content (AvgIpc) is 3.20. The Hall–Kier alpha value is -4.10. The highest BCUT2D eigenvalue weighted by Crippen LogP contribution is 2.00. The second-order valence-corrected chi connectivity index (χ2v) is 11.3. The van der Waals surface area contributed by atoms with E-state index in [0.29, 0.717) is 85.9 Å². The Morgan fingerprint density at radius 1 is 0.569 bits per heavy atom. The zero-order valence-electron chi connectivity index (χ0n) is 33.4. The molecule has 25 nitrogen and oxygen atoms in total. The zero-order valence-corrected chi connectivity index (χ0v) is 33.4. The van der Waals surface area contributed by atoms with Crippen molar-refractivity contribution in [1.29, 1.82) is 0 Å². The van der Waals surface area contributed by atoms with Gasteiger partial charge in [-0.25, -0.2) is 4.79 Å². The molecule has 0 rings (SSSR count). The van der Waals surface area contributed by atoms with Gasteiger partial charge in [0, 0.05) is 48.9 Å². The highest BCUT2D eigenvalue weighted by Gasteiger charge is 2.21. The molecule has 0 radical (unpaired) electrons. The van der Waals surface area contributed by atoms with E-state index in [4.69, 9.17) is 63.5 Å². The van der Waals surface area contributed by atoms with Crippen LogP contribution in [0.1, 0.15) is 26.2 Å². The molecule has 0 aromatic rings. The smallest absolute Gasteiger partial charge is 0.405 e. The maximum Gasteiger partial charge on any atom is 0.405 e. The van der Waals surface area contributed by atoms with Crippen LogP contribution >= 0.6 is 0 Å². The third kappa shape index (κ3) is 38.8. The molecule has 0 saturated heterocycles. The average molecular weight is 839 g/mol. The van der Waals surface area contributed by atoms with Gasteiger partial charge in [-0.3, -0.25) is 14.4 Å². The van der Waals surface area contributed by atoms with Gasteiger partial charge in [0.05, 0.1) is 126 Å². The Kier molecular flexibility index (Phi) is 39.5. The molecule has 0 aromatic heterocycles. The van der Waals surface area contributed by atoms with E-state index in [1.807, 2.05) is 12.2 Å². The normalized spacial score (nSPS) is 11.8. The van der Waals surface area contributed by atoms with Crippen LogP contribution in [0.3, 0.4) is 0 Å². The molecule has 0 spiro atoms. The van der Waals surface area contributed by atoms with E-state index in [-0.39, 0.29) is 91.1 Å². The minimum absolute atomic E-state index is 0.0128. The Bertz CT molecular complexity index is 1150. The van der Waals surface area contributed by atoms with Crippen LogP contribution in [0.4, 0.5) is 4.79 Å². The number of carboxylic acid groups (broad SMARTS) is 1. The standard InChI is InChI=1S/C33H62N10O15/c1-2-49-13-14-54-21-22-55-18-15-51-10-6-36-30(44)4-3-28(39-31(45)5-9-50-25-26-58-27-29(41-43-35)40-33(47)48)32(46)37-7-11-52-16-19-56-23-24-57-20-17-53-12-8-38-42-34/h28-29,40H,2-27H2,1H3,(H,36,44)(H,37,46)(H,39,45)(H,47,48). The molecule has 0 heterocycles. The van der Waals surface area contributed by atoms with E-state index in [1.54, 1.807) is 0 Å². The van der Waals surface area contributed by atoms with Crippen molar-refractivity contribution in [3.63, 3.8) is 0 Å². The summed E-state index contributed by atoms with van der Waals surface area (Å²) >= 11 is 0. The first-order valence-corrected chi connectivity index (χ1v) is 19.0. The predicted molar refractivity (Wildman–Crippen MR) is 204 cm³/mol. The van der Waals surface area contributed by atoms with Crippen molar-refractivity contribution in [1.82, 2.24) is 21.3 Å². The number of carbonyl (C=O) groups excluding carboxylic acids is 3. The van der Waals surface area contributed by atoms with E-state index < -0.39 is 30.1 Å². The SMILES string of the molecule is CCOCCOCCOCCOCCNC(=O)CCC(NC(=O)CCOCCOCC(N=[N+]=[N-])NC(=O)O)C(=O)NCCOCCOCCOCCOCCN=[N+]=[N-]. The van der Waals surface area contributed by atoms with Gasteiger partial charge in [-0.2, -0.15) is 0 Å². The van der Waals surface area contributed by atoms with E-state index >= 15 is 0 Å². The van der Waals surface area contributed by atoms with Gasteiger partial charge in [-0.1, -0.05) is 10.2 Å². The van der Waals surface area contributed by atoms with Gasteiger partial charge in [-0.15, -0.1) is 0 Å². The van der Waals surface area contributed by atoms with Crippen LogP contribution in [0.25, 0.3) is 20.9 Å². The lowest BCUT2D eigenvalue weighted by molar-refractivity contribution is -0.130. The Morgan fingerprint density at radius 3 is 1.57 bits per heavy atom.